The van der Waals surface area contributed by atoms with Crippen molar-refractivity contribution in [2.24, 2.45) is 0 Å². The van der Waals surface area contributed by atoms with Gasteiger partial charge in [-0.1, -0.05) is 11.6 Å². The number of nitrogens with two attached hydrogens (primary N) is 1. The molecule has 0 atom stereocenters. The number of halogens is 1. The molecular formula is C12H11ClN2O4S2. The van der Waals surface area contributed by atoms with E-state index in [9.17, 15) is 18.3 Å². The van der Waals surface area contributed by atoms with Gasteiger partial charge in [0.1, 0.15) is 4.21 Å². The molecule has 0 saturated carbocycles. The van der Waals surface area contributed by atoms with Gasteiger partial charge in [-0.05, 0) is 30.3 Å². The first-order chi connectivity index (χ1) is 9.73. The van der Waals surface area contributed by atoms with E-state index < -0.39 is 16.0 Å². The van der Waals surface area contributed by atoms with Crippen LogP contribution in [0.25, 0.3) is 0 Å². The third-order valence-corrected chi connectivity index (χ3v) is 6.22. The average molecular weight is 347 g/mol. The molecule has 2 aromatic rings. The molecule has 21 heavy (non-hydrogen) atoms. The number of hydrogen-bond acceptors (Lipinski definition) is 5. The van der Waals surface area contributed by atoms with Gasteiger partial charge in [-0.15, -0.1) is 11.3 Å². The number of carboxylic acid groups (broad SMARTS) is 1. The van der Waals surface area contributed by atoms with Crippen molar-refractivity contribution in [3.63, 3.8) is 0 Å². The SMILES string of the molecule is CN(c1ccc(N)cc1C(=O)O)S(=O)(=O)c1ccc(Cl)s1. The Morgan fingerprint density at radius 1 is 1.33 bits per heavy atom. The summed E-state index contributed by atoms with van der Waals surface area (Å²) in [5, 5.41) is 9.18. The zero-order valence-electron chi connectivity index (χ0n) is 10.8. The van der Waals surface area contributed by atoms with Crippen molar-refractivity contribution < 1.29 is 18.3 Å². The summed E-state index contributed by atoms with van der Waals surface area (Å²) in [6.07, 6.45) is 0. The topological polar surface area (TPSA) is 101 Å². The van der Waals surface area contributed by atoms with Crippen molar-refractivity contribution in [1.29, 1.82) is 0 Å². The number of aromatic carboxylic acids is 1. The highest BCUT2D eigenvalue weighted by Gasteiger charge is 2.26. The molecule has 0 aliphatic carbocycles. The van der Waals surface area contributed by atoms with E-state index in [1.54, 1.807) is 0 Å². The van der Waals surface area contributed by atoms with Crippen LogP contribution in [-0.4, -0.2) is 26.5 Å². The lowest BCUT2D eigenvalue weighted by molar-refractivity contribution is 0.0698. The number of carbonyl (C=O) groups is 1. The predicted octanol–water partition coefficient (Wildman–Crippen LogP) is 2.51. The summed E-state index contributed by atoms with van der Waals surface area (Å²) >= 11 is 6.64. The maximum Gasteiger partial charge on any atom is 0.337 e. The van der Waals surface area contributed by atoms with Gasteiger partial charge in [0.05, 0.1) is 15.6 Å². The summed E-state index contributed by atoms with van der Waals surface area (Å²) in [6.45, 7) is 0. The van der Waals surface area contributed by atoms with Crippen LogP contribution in [0.15, 0.2) is 34.5 Å². The number of sulfonamides is 1. The Labute approximate surface area is 130 Å². The van der Waals surface area contributed by atoms with Crippen LogP contribution in [0, 0.1) is 0 Å². The number of nitrogen functional groups attached to an aromatic ring is 1. The highest BCUT2D eigenvalue weighted by molar-refractivity contribution is 7.94. The monoisotopic (exact) mass is 346 g/mol. The molecule has 1 aromatic carbocycles. The van der Waals surface area contributed by atoms with Gasteiger partial charge in [-0.3, -0.25) is 4.31 Å². The summed E-state index contributed by atoms with van der Waals surface area (Å²) in [6, 6.07) is 6.84. The molecule has 0 fully saturated rings. The van der Waals surface area contributed by atoms with Gasteiger partial charge in [0.15, 0.2) is 0 Å². The standard InChI is InChI=1S/C12H11ClN2O4S2/c1-15(21(18,19)11-5-4-10(13)20-11)9-3-2-7(14)6-8(9)12(16)17/h2-6H,14H2,1H3,(H,16,17). The third-order valence-electron chi connectivity index (χ3n) is 2.75. The third kappa shape index (κ3) is 2.97. The zero-order chi connectivity index (χ0) is 15.8. The quantitative estimate of drug-likeness (QED) is 0.828. The highest BCUT2D eigenvalue weighted by Crippen LogP contribution is 2.32. The van der Waals surface area contributed by atoms with Crippen LogP contribution < -0.4 is 10.0 Å². The van der Waals surface area contributed by atoms with E-state index in [-0.39, 0.29) is 21.1 Å². The van der Waals surface area contributed by atoms with Crippen molar-refractivity contribution in [3.05, 3.63) is 40.2 Å². The van der Waals surface area contributed by atoms with Crippen LogP contribution in [0.4, 0.5) is 11.4 Å². The molecule has 1 heterocycles. The van der Waals surface area contributed by atoms with Gasteiger partial charge in [0.25, 0.3) is 10.0 Å². The molecule has 0 aliphatic rings. The summed E-state index contributed by atoms with van der Waals surface area (Å²) in [7, 11) is -2.60. The minimum Gasteiger partial charge on any atom is -0.478 e. The van der Waals surface area contributed by atoms with E-state index >= 15 is 0 Å². The largest absolute Gasteiger partial charge is 0.478 e. The molecule has 0 bridgehead atoms. The van der Waals surface area contributed by atoms with Gasteiger partial charge in [0.2, 0.25) is 0 Å². The molecule has 0 saturated heterocycles. The fraction of sp³-hybridized carbons (Fsp3) is 0.0833. The first kappa shape index (κ1) is 15.6. The smallest absolute Gasteiger partial charge is 0.337 e. The minimum absolute atomic E-state index is 0.0289. The second-order valence-electron chi connectivity index (χ2n) is 4.11. The van der Waals surface area contributed by atoms with Crippen molar-refractivity contribution in [2.75, 3.05) is 17.1 Å². The fourth-order valence-electron chi connectivity index (χ4n) is 1.70. The lowest BCUT2D eigenvalue weighted by atomic mass is 10.1. The molecule has 0 unspecified atom stereocenters. The van der Waals surface area contributed by atoms with Gasteiger partial charge in [-0.2, -0.15) is 0 Å². The molecule has 0 radical (unpaired) electrons. The summed E-state index contributed by atoms with van der Waals surface area (Å²) in [5.74, 6) is -1.26. The number of benzene rings is 1. The maximum atomic E-state index is 12.5. The van der Waals surface area contributed by atoms with E-state index in [1.165, 1.54) is 37.4 Å². The Kier molecular flexibility index (Phi) is 4.13. The molecule has 6 nitrogen and oxygen atoms in total. The molecule has 0 aliphatic heterocycles. The Morgan fingerprint density at radius 3 is 2.52 bits per heavy atom. The Morgan fingerprint density at radius 2 is 2.00 bits per heavy atom. The molecule has 112 valence electrons. The van der Waals surface area contributed by atoms with Crippen molar-refractivity contribution in [1.82, 2.24) is 0 Å². The van der Waals surface area contributed by atoms with Crippen LogP contribution >= 0.6 is 22.9 Å². The number of rotatable bonds is 4. The van der Waals surface area contributed by atoms with Crippen LogP contribution in [0.2, 0.25) is 4.34 Å². The van der Waals surface area contributed by atoms with Gasteiger partial charge in [-0.25, -0.2) is 13.2 Å². The highest BCUT2D eigenvalue weighted by atomic mass is 35.5. The number of carboxylic acids is 1. The second-order valence-corrected chi connectivity index (χ2v) is 8.02. The summed E-state index contributed by atoms with van der Waals surface area (Å²) in [5.41, 5.74) is 5.62. The molecular weight excluding hydrogens is 336 g/mol. The Balaban J connectivity index is 2.54. The predicted molar refractivity (Wildman–Crippen MR) is 82.7 cm³/mol. The van der Waals surface area contributed by atoms with E-state index in [2.05, 4.69) is 0 Å². The van der Waals surface area contributed by atoms with Crippen LogP contribution in [0.3, 0.4) is 0 Å². The van der Waals surface area contributed by atoms with Crippen molar-refractivity contribution in [3.8, 4) is 0 Å². The Hall–Kier alpha value is -1.77. The van der Waals surface area contributed by atoms with Gasteiger partial charge in [0, 0.05) is 12.7 Å². The first-order valence-corrected chi connectivity index (χ1v) is 8.24. The fourth-order valence-corrected chi connectivity index (χ4v) is 4.57. The van der Waals surface area contributed by atoms with E-state index in [4.69, 9.17) is 17.3 Å². The average Bonchev–Trinajstić information content (AvgIpc) is 2.85. The molecule has 0 spiro atoms. The Bertz CT molecular complexity index is 801. The van der Waals surface area contributed by atoms with E-state index in [1.807, 2.05) is 0 Å². The van der Waals surface area contributed by atoms with Gasteiger partial charge < -0.3 is 10.8 Å². The second kappa shape index (κ2) is 5.55. The van der Waals surface area contributed by atoms with Crippen LogP contribution in [0.1, 0.15) is 10.4 Å². The van der Waals surface area contributed by atoms with E-state index in [0.29, 0.717) is 4.34 Å². The van der Waals surface area contributed by atoms with Crippen LogP contribution in [-0.2, 0) is 10.0 Å². The first-order valence-electron chi connectivity index (χ1n) is 5.60. The maximum absolute atomic E-state index is 12.5. The number of anilines is 2. The molecule has 0 amide bonds. The van der Waals surface area contributed by atoms with Crippen molar-refractivity contribution >= 4 is 50.3 Å². The number of thiophene rings is 1. The van der Waals surface area contributed by atoms with Crippen molar-refractivity contribution in [2.45, 2.75) is 4.21 Å². The minimum atomic E-state index is -3.88. The van der Waals surface area contributed by atoms with Crippen LogP contribution in [0.5, 0.6) is 0 Å². The van der Waals surface area contributed by atoms with E-state index in [0.717, 1.165) is 15.6 Å². The molecule has 3 N–H and O–H groups in total. The number of nitrogens with zero attached hydrogens (tertiary/aromatic N) is 1. The van der Waals surface area contributed by atoms with Gasteiger partial charge >= 0.3 is 5.97 Å². The summed E-state index contributed by atoms with van der Waals surface area (Å²) in [4.78, 5) is 11.3. The lowest BCUT2D eigenvalue weighted by Gasteiger charge is -2.20. The molecule has 2 rings (SSSR count). The molecule has 1 aromatic heterocycles. The zero-order valence-corrected chi connectivity index (χ0v) is 13.2. The molecule has 9 heteroatoms. The number of hydrogen-bond donors (Lipinski definition) is 2. The lowest BCUT2D eigenvalue weighted by Crippen LogP contribution is -2.27. The summed E-state index contributed by atoms with van der Waals surface area (Å²) < 4.78 is 26.2. The normalized spacial score (nSPS) is 11.3.